The van der Waals surface area contributed by atoms with Gasteiger partial charge in [0.15, 0.2) is 0 Å². The van der Waals surface area contributed by atoms with Crippen LogP contribution in [-0.4, -0.2) is 49.2 Å². The summed E-state index contributed by atoms with van der Waals surface area (Å²) in [5.41, 5.74) is 0. The average Bonchev–Trinajstić information content (AvgIpc) is 2.42. The predicted octanol–water partition coefficient (Wildman–Crippen LogP) is 3.18. The lowest BCUT2D eigenvalue weighted by molar-refractivity contribution is -0.503. The highest BCUT2D eigenvalue weighted by Gasteiger charge is 2.18. The lowest BCUT2D eigenvalue weighted by Crippen LogP contribution is -2.38. The van der Waals surface area contributed by atoms with Gasteiger partial charge < -0.3 is 0 Å². The van der Waals surface area contributed by atoms with Gasteiger partial charge in [0.1, 0.15) is 12.5 Å². The molecule has 0 saturated carbocycles. The van der Waals surface area contributed by atoms with E-state index in [2.05, 4.69) is 34.6 Å². The first-order chi connectivity index (χ1) is 9.33. The molecule has 0 aliphatic rings. The Kier molecular flexibility index (Phi) is 9.51. The van der Waals surface area contributed by atoms with Gasteiger partial charge in [-0.15, -0.1) is 0 Å². The molecule has 2 unspecified atom stereocenters. The summed E-state index contributed by atoms with van der Waals surface area (Å²) in [4.78, 5) is 2.14. The van der Waals surface area contributed by atoms with Crippen molar-refractivity contribution in [2.75, 3.05) is 27.3 Å². The molecule has 0 rings (SSSR count). The summed E-state index contributed by atoms with van der Waals surface area (Å²) in [6, 6.07) is 0.0699. The minimum Gasteiger partial charge on any atom is -0.278 e. The van der Waals surface area contributed by atoms with Crippen molar-refractivity contribution < 1.29 is 8.97 Å². The minimum absolute atomic E-state index is 0.0699. The fraction of sp³-hybridized carbons (Fsp3) is 0.667. The topological polar surface area (TPSA) is 18.3 Å². The Bertz CT molecular complexity index is 366. The summed E-state index contributed by atoms with van der Waals surface area (Å²) in [6.45, 7) is 11.1. The summed E-state index contributed by atoms with van der Waals surface area (Å²) in [5.74, 6) is -0.549. The fourth-order valence-electron chi connectivity index (χ4n) is 1.79. The second-order valence-corrected chi connectivity index (χ2v) is 5.60. The lowest BCUT2D eigenvalue weighted by atomic mass is 10.0. The van der Waals surface area contributed by atoms with Crippen molar-refractivity contribution in [2.45, 2.75) is 33.2 Å². The van der Waals surface area contributed by atoms with E-state index in [4.69, 9.17) is 11.6 Å². The zero-order chi connectivity index (χ0) is 15.7. The second kappa shape index (κ2) is 9.94. The highest BCUT2D eigenvalue weighted by molar-refractivity contribution is 6.30. The van der Waals surface area contributed by atoms with Crippen molar-refractivity contribution in [3.8, 4) is 0 Å². The van der Waals surface area contributed by atoms with Gasteiger partial charge in [-0.05, 0) is 19.4 Å². The number of allylic oxidation sites excluding steroid dienone is 2. The van der Waals surface area contributed by atoms with Gasteiger partial charge in [0.25, 0.3) is 0 Å². The zero-order valence-electron chi connectivity index (χ0n) is 13.3. The highest BCUT2D eigenvalue weighted by Crippen LogP contribution is 2.23. The summed E-state index contributed by atoms with van der Waals surface area (Å²) in [5, 5.41) is 3.56. The van der Waals surface area contributed by atoms with Crippen molar-refractivity contribution >= 4 is 17.9 Å². The normalized spacial score (nSPS) is 16.4. The van der Waals surface area contributed by atoms with Gasteiger partial charge in [-0.2, -0.15) is 0 Å². The predicted molar refractivity (Wildman–Crippen MR) is 86.0 cm³/mol. The molecule has 5 heteroatoms. The van der Waals surface area contributed by atoms with Crippen LogP contribution in [0.25, 0.3) is 0 Å². The molecule has 0 fully saturated rings. The monoisotopic (exact) mass is 304 g/mol. The Morgan fingerprint density at radius 1 is 1.50 bits per heavy atom. The molecule has 20 heavy (non-hydrogen) atoms. The van der Waals surface area contributed by atoms with Crippen LogP contribution in [0.3, 0.4) is 0 Å². The zero-order valence-corrected chi connectivity index (χ0v) is 14.0. The van der Waals surface area contributed by atoms with Crippen LogP contribution >= 0.6 is 11.6 Å². The molecule has 0 heterocycles. The van der Waals surface area contributed by atoms with Crippen molar-refractivity contribution in [1.29, 1.82) is 0 Å². The molecule has 3 nitrogen and oxygen atoms in total. The fourth-order valence-corrected chi connectivity index (χ4v) is 2.05. The van der Waals surface area contributed by atoms with Crippen molar-refractivity contribution in [3.63, 3.8) is 0 Å². The van der Waals surface area contributed by atoms with Crippen LogP contribution in [0.1, 0.15) is 27.2 Å². The number of nitrogens with zero attached hydrogens (tertiary/aromatic N) is 2. The third-order valence-corrected chi connectivity index (χ3v) is 3.72. The molecule has 0 spiro atoms. The van der Waals surface area contributed by atoms with Crippen molar-refractivity contribution in [3.05, 3.63) is 23.5 Å². The van der Waals surface area contributed by atoms with Gasteiger partial charge in [0, 0.05) is 12.0 Å². The Morgan fingerprint density at radius 3 is 2.60 bits per heavy atom. The third-order valence-electron chi connectivity index (χ3n) is 3.19. The summed E-state index contributed by atoms with van der Waals surface area (Å²) in [6.07, 6.45) is 4.31. The number of hydrogen-bond acceptors (Lipinski definition) is 1. The molecule has 0 amide bonds. The van der Waals surface area contributed by atoms with E-state index >= 15 is 0 Å². The van der Waals surface area contributed by atoms with Crippen LogP contribution in [0.15, 0.2) is 23.5 Å². The van der Waals surface area contributed by atoms with E-state index in [1.54, 1.807) is 0 Å². The molecule has 0 saturated heterocycles. The average molecular weight is 305 g/mol. The molecule has 0 radical (unpaired) electrons. The summed E-state index contributed by atoms with van der Waals surface area (Å²) >= 11 is 5.98. The quantitative estimate of drug-likeness (QED) is 0.232. The van der Waals surface area contributed by atoms with Gasteiger partial charge >= 0.3 is 0 Å². The smallest absolute Gasteiger partial charge is 0.234 e. The van der Waals surface area contributed by atoms with Crippen LogP contribution < -0.4 is 5.32 Å². The van der Waals surface area contributed by atoms with Crippen LogP contribution in [0.5, 0.6) is 0 Å². The lowest BCUT2D eigenvalue weighted by Gasteiger charge is -2.21. The maximum atomic E-state index is 13.4. The van der Waals surface area contributed by atoms with Crippen LogP contribution in [0.2, 0.25) is 0 Å². The second-order valence-electron chi connectivity index (χ2n) is 5.19. The van der Waals surface area contributed by atoms with E-state index in [9.17, 15) is 4.39 Å². The molecule has 0 aromatic rings. The van der Waals surface area contributed by atoms with Crippen LogP contribution in [-0.2, 0) is 0 Å². The largest absolute Gasteiger partial charge is 0.278 e. The molecule has 0 bridgehead atoms. The van der Waals surface area contributed by atoms with Crippen LogP contribution in [0.4, 0.5) is 4.39 Å². The molecular formula is C15H28ClFN3+. The Morgan fingerprint density at radius 2 is 2.10 bits per heavy atom. The molecule has 2 atom stereocenters. The minimum atomic E-state index is -0.449. The third kappa shape index (κ3) is 7.06. The molecule has 0 aromatic carbocycles. The molecule has 0 aliphatic carbocycles. The number of nitrogens with one attached hydrogen (secondary N) is 1. The number of hydrogen-bond donors (Lipinski definition) is 1. The summed E-state index contributed by atoms with van der Waals surface area (Å²) in [7, 11) is 4.05. The van der Waals surface area contributed by atoms with Gasteiger partial charge in [-0.25, -0.2) is 4.39 Å². The Balaban J connectivity index is 4.42. The van der Waals surface area contributed by atoms with E-state index in [1.165, 1.54) is 0 Å². The van der Waals surface area contributed by atoms with Gasteiger partial charge in [-0.3, -0.25) is 14.8 Å². The van der Waals surface area contributed by atoms with Crippen LogP contribution in [0, 0.1) is 5.92 Å². The van der Waals surface area contributed by atoms with Gasteiger partial charge in [0.05, 0.1) is 25.7 Å². The van der Waals surface area contributed by atoms with E-state index < -0.39 is 5.83 Å². The SMILES string of the molecule is C=CC(F)=C(Cl)C(C)C(C)NC[N+](C)=CN(C)CCC. The van der Waals surface area contributed by atoms with Crippen molar-refractivity contribution in [2.24, 2.45) is 5.92 Å². The highest BCUT2D eigenvalue weighted by atomic mass is 35.5. The van der Waals surface area contributed by atoms with E-state index in [1.807, 2.05) is 27.9 Å². The van der Waals surface area contributed by atoms with E-state index in [-0.39, 0.29) is 17.0 Å². The van der Waals surface area contributed by atoms with Gasteiger partial charge in [-0.1, -0.05) is 32.0 Å². The molecule has 1 N–H and O–H groups in total. The first-order valence-electron chi connectivity index (χ1n) is 6.99. The Hall–Kier alpha value is -0.870. The molecule has 116 valence electrons. The number of rotatable bonds is 9. The van der Waals surface area contributed by atoms with Crippen molar-refractivity contribution in [1.82, 2.24) is 10.2 Å². The van der Waals surface area contributed by atoms with E-state index in [0.29, 0.717) is 6.67 Å². The molecule has 0 aliphatic heterocycles. The van der Waals surface area contributed by atoms with E-state index in [0.717, 1.165) is 19.0 Å². The standard InChI is InChI=1S/C15H28ClFN3/c1-7-9-19(5)11-20(6)10-18-13(4)12(3)15(16)14(17)8-2/h8,11-13,18H,2,7,9-10H2,1,3-6H3/q+1. The maximum Gasteiger partial charge on any atom is 0.234 e. The Labute approximate surface area is 127 Å². The summed E-state index contributed by atoms with van der Waals surface area (Å²) < 4.78 is 15.4. The van der Waals surface area contributed by atoms with Gasteiger partial charge in [0.2, 0.25) is 6.34 Å². The molecular weight excluding hydrogens is 277 g/mol. The first-order valence-corrected chi connectivity index (χ1v) is 7.37. The maximum absolute atomic E-state index is 13.4. The number of halogens is 2. The first kappa shape index (κ1) is 19.1. The molecule has 0 aromatic heterocycles.